The molecule has 1 nitrogen and oxygen atoms in total. The molecule has 0 radical (unpaired) electrons. The van der Waals surface area contributed by atoms with E-state index in [0.717, 1.165) is 6.04 Å². The van der Waals surface area contributed by atoms with Gasteiger partial charge in [-0.3, -0.25) is 0 Å². The lowest BCUT2D eigenvalue weighted by atomic mass is 10.3. The topological polar surface area (TPSA) is 12.0 Å². The van der Waals surface area contributed by atoms with Crippen molar-refractivity contribution in [2.75, 3.05) is 12.3 Å². The van der Waals surface area contributed by atoms with Crippen LogP contribution in [-0.4, -0.2) is 18.3 Å². The van der Waals surface area contributed by atoms with Crippen LogP contribution in [0.25, 0.3) is 0 Å². The van der Waals surface area contributed by atoms with E-state index in [2.05, 4.69) is 35.6 Å². The second-order valence-corrected chi connectivity index (χ2v) is 4.51. The van der Waals surface area contributed by atoms with E-state index < -0.39 is 0 Å². The molecule has 1 N–H and O–H groups in total. The third-order valence-electron chi connectivity index (χ3n) is 2.36. The van der Waals surface area contributed by atoms with E-state index in [1.54, 1.807) is 0 Å². The van der Waals surface area contributed by atoms with Gasteiger partial charge in [-0.2, -0.15) is 0 Å². The highest BCUT2D eigenvalue weighted by molar-refractivity contribution is 7.99. The summed E-state index contributed by atoms with van der Waals surface area (Å²) in [4.78, 5) is 1.39. The summed E-state index contributed by atoms with van der Waals surface area (Å²) in [6.07, 6.45) is 2.69. The van der Waals surface area contributed by atoms with E-state index in [1.165, 1.54) is 30.0 Å². The second kappa shape index (κ2) is 4.68. The Morgan fingerprint density at radius 3 is 2.85 bits per heavy atom. The van der Waals surface area contributed by atoms with Gasteiger partial charge in [-0.1, -0.05) is 18.2 Å². The molecule has 1 aromatic carbocycles. The summed E-state index contributed by atoms with van der Waals surface area (Å²) in [5, 5.41) is 3.51. The Morgan fingerprint density at radius 2 is 2.15 bits per heavy atom. The maximum Gasteiger partial charge on any atom is 0.0162 e. The summed E-state index contributed by atoms with van der Waals surface area (Å²) in [6, 6.07) is 11.4. The van der Waals surface area contributed by atoms with Crippen LogP contribution in [0.1, 0.15) is 12.8 Å². The molecule has 2 heteroatoms. The van der Waals surface area contributed by atoms with Crippen LogP contribution in [0.3, 0.4) is 0 Å². The van der Waals surface area contributed by atoms with E-state index in [-0.39, 0.29) is 0 Å². The standard InChI is InChI=1S/C11H15NS/c1-2-6-11(7-3-1)13-9-10-5-4-8-12-10/h1-3,6-7,10,12H,4-5,8-9H2/t10-/m1/s1. The lowest BCUT2D eigenvalue weighted by Gasteiger charge is -2.08. The lowest BCUT2D eigenvalue weighted by molar-refractivity contribution is 0.674. The van der Waals surface area contributed by atoms with Gasteiger partial charge in [-0.15, -0.1) is 11.8 Å². The SMILES string of the molecule is c1ccc(SC[C@H]2CCCN2)cc1. The van der Waals surface area contributed by atoms with Crippen LogP contribution in [0, 0.1) is 0 Å². The normalized spacial score (nSPS) is 22.0. The average molecular weight is 193 g/mol. The Labute approximate surface area is 83.9 Å². The van der Waals surface area contributed by atoms with E-state index >= 15 is 0 Å². The van der Waals surface area contributed by atoms with Gasteiger partial charge in [0.25, 0.3) is 0 Å². The molecule has 0 spiro atoms. The molecule has 0 saturated carbocycles. The summed E-state index contributed by atoms with van der Waals surface area (Å²) >= 11 is 1.96. The van der Waals surface area contributed by atoms with Gasteiger partial charge >= 0.3 is 0 Å². The van der Waals surface area contributed by atoms with Gasteiger partial charge in [-0.25, -0.2) is 0 Å². The predicted octanol–water partition coefficient (Wildman–Crippen LogP) is 2.53. The molecular weight excluding hydrogens is 178 g/mol. The molecule has 0 bridgehead atoms. The summed E-state index contributed by atoms with van der Waals surface area (Å²) in [6.45, 7) is 1.21. The zero-order valence-electron chi connectivity index (χ0n) is 7.70. The molecule has 1 fully saturated rings. The number of hydrogen-bond donors (Lipinski definition) is 1. The zero-order chi connectivity index (χ0) is 8.93. The van der Waals surface area contributed by atoms with Crippen molar-refractivity contribution in [2.45, 2.75) is 23.8 Å². The predicted molar refractivity (Wildman–Crippen MR) is 58.2 cm³/mol. The minimum atomic E-state index is 0.741. The first kappa shape index (κ1) is 9.10. The van der Waals surface area contributed by atoms with Gasteiger partial charge in [0.05, 0.1) is 0 Å². The molecule has 0 aliphatic carbocycles. The van der Waals surface area contributed by atoms with Crippen molar-refractivity contribution in [1.29, 1.82) is 0 Å². The fraction of sp³-hybridized carbons (Fsp3) is 0.455. The Morgan fingerprint density at radius 1 is 1.31 bits per heavy atom. The summed E-state index contributed by atoms with van der Waals surface area (Å²) in [5.74, 6) is 1.21. The zero-order valence-corrected chi connectivity index (χ0v) is 8.52. The largest absolute Gasteiger partial charge is 0.313 e. The molecule has 13 heavy (non-hydrogen) atoms. The van der Waals surface area contributed by atoms with Crippen LogP contribution < -0.4 is 5.32 Å². The summed E-state index contributed by atoms with van der Waals surface area (Å²) < 4.78 is 0. The smallest absolute Gasteiger partial charge is 0.0162 e. The highest BCUT2D eigenvalue weighted by atomic mass is 32.2. The monoisotopic (exact) mass is 193 g/mol. The minimum Gasteiger partial charge on any atom is -0.313 e. The van der Waals surface area contributed by atoms with E-state index in [0.29, 0.717) is 0 Å². The third-order valence-corrected chi connectivity index (χ3v) is 3.53. The molecule has 1 heterocycles. The van der Waals surface area contributed by atoms with E-state index in [9.17, 15) is 0 Å². The Bertz CT molecular complexity index is 242. The van der Waals surface area contributed by atoms with Crippen LogP contribution >= 0.6 is 11.8 Å². The van der Waals surface area contributed by atoms with Crippen LogP contribution in [0.4, 0.5) is 0 Å². The lowest BCUT2D eigenvalue weighted by Crippen LogP contribution is -2.23. The van der Waals surface area contributed by atoms with Gasteiger partial charge < -0.3 is 5.32 Å². The molecule has 1 saturated heterocycles. The van der Waals surface area contributed by atoms with Crippen molar-refractivity contribution in [2.24, 2.45) is 0 Å². The molecule has 0 amide bonds. The van der Waals surface area contributed by atoms with Crippen LogP contribution in [0.15, 0.2) is 35.2 Å². The maximum atomic E-state index is 3.51. The molecule has 1 aliphatic heterocycles. The third kappa shape index (κ3) is 2.75. The first-order valence-electron chi connectivity index (χ1n) is 4.86. The average Bonchev–Trinajstić information content (AvgIpc) is 2.69. The molecular formula is C11H15NS. The highest BCUT2D eigenvalue weighted by Crippen LogP contribution is 2.20. The Hall–Kier alpha value is -0.470. The van der Waals surface area contributed by atoms with Crippen molar-refractivity contribution < 1.29 is 0 Å². The van der Waals surface area contributed by atoms with Crippen molar-refractivity contribution in [3.05, 3.63) is 30.3 Å². The Balaban J connectivity index is 1.79. The fourth-order valence-electron chi connectivity index (χ4n) is 1.61. The van der Waals surface area contributed by atoms with E-state index in [4.69, 9.17) is 0 Å². The molecule has 0 unspecified atom stereocenters. The van der Waals surface area contributed by atoms with Crippen molar-refractivity contribution >= 4 is 11.8 Å². The van der Waals surface area contributed by atoms with Gasteiger partial charge in [-0.05, 0) is 31.5 Å². The molecule has 1 aliphatic rings. The van der Waals surface area contributed by atoms with Gasteiger partial charge in [0.15, 0.2) is 0 Å². The number of rotatable bonds is 3. The maximum absolute atomic E-state index is 3.51. The van der Waals surface area contributed by atoms with Crippen LogP contribution in [0.5, 0.6) is 0 Å². The van der Waals surface area contributed by atoms with Crippen LogP contribution in [-0.2, 0) is 0 Å². The highest BCUT2D eigenvalue weighted by Gasteiger charge is 2.13. The van der Waals surface area contributed by atoms with Gasteiger partial charge in [0.1, 0.15) is 0 Å². The van der Waals surface area contributed by atoms with E-state index in [1.807, 2.05) is 11.8 Å². The van der Waals surface area contributed by atoms with Crippen molar-refractivity contribution in [3.8, 4) is 0 Å². The van der Waals surface area contributed by atoms with Crippen molar-refractivity contribution in [1.82, 2.24) is 5.32 Å². The molecule has 2 rings (SSSR count). The molecule has 70 valence electrons. The first-order valence-corrected chi connectivity index (χ1v) is 5.85. The van der Waals surface area contributed by atoms with Gasteiger partial charge in [0, 0.05) is 16.7 Å². The molecule has 0 aromatic heterocycles. The van der Waals surface area contributed by atoms with Crippen molar-refractivity contribution in [3.63, 3.8) is 0 Å². The quantitative estimate of drug-likeness (QED) is 0.740. The van der Waals surface area contributed by atoms with Gasteiger partial charge in [0.2, 0.25) is 0 Å². The first-order chi connectivity index (χ1) is 6.45. The number of benzene rings is 1. The number of hydrogen-bond acceptors (Lipinski definition) is 2. The second-order valence-electron chi connectivity index (χ2n) is 3.42. The molecule has 1 atom stereocenters. The fourth-order valence-corrected chi connectivity index (χ4v) is 2.64. The summed E-state index contributed by atoms with van der Waals surface area (Å²) in [5.41, 5.74) is 0. The number of thioether (sulfide) groups is 1. The minimum absolute atomic E-state index is 0.741. The summed E-state index contributed by atoms with van der Waals surface area (Å²) in [7, 11) is 0. The number of nitrogens with one attached hydrogen (secondary N) is 1. The van der Waals surface area contributed by atoms with Crippen LogP contribution in [0.2, 0.25) is 0 Å². The Kier molecular flexibility index (Phi) is 3.27. The molecule has 1 aromatic rings.